The summed E-state index contributed by atoms with van der Waals surface area (Å²) >= 11 is 12.2. The Morgan fingerprint density at radius 1 is 1.04 bits per heavy atom. The lowest BCUT2D eigenvalue weighted by Crippen LogP contribution is -2.20. The van der Waals surface area contributed by atoms with Crippen LogP contribution in [0.5, 0.6) is 5.75 Å². The highest BCUT2D eigenvalue weighted by atomic mass is 35.5. The summed E-state index contributed by atoms with van der Waals surface area (Å²) in [4.78, 5) is 4.48. The van der Waals surface area contributed by atoms with E-state index in [1.165, 1.54) is 0 Å². The van der Waals surface area contributed by atoms with Crippen LogP contribution in [0.25, 0.3) is 11.1 Å². The van der Waals surface area contributed by atoms with Crippen LogP contribution >= 0.6 is 23.2 Å². The van der Waals surface area contributed by atoms with Crippen molar-refractivity contribution in [1.82, 2.24) is 5.32 Å². The van der Waals surface area contributed by atoms with Gasteiger partial charge in [-0.05, 0) is 41.5 Å². The monoisotopic (exact) mass is 364 g/mol. The fourth-order valence-corrected chi connectivity index (χ4v) is 3.08. The van der Waals surface area contributed by atoms with E-state index < -0.39 is 0 Å². The van der Waals surface area contributed by atoms with E-state index in [9.17, 15) is 0 Å². The van der Waals surface area contributed by atoms with Crippen LogP contribution in [0.2, 0.25) is 10.0 Å². The van der Waals surface area contributed by atoms with Crippen LogP contribution in [0.3, 0.4) is 0 Å². The largest absolute Gasteiger partial charge is 0.490 e. The van der Waals surface area contributed by atoms with E-state index in [0.29, 0.717) is 23.3 Å². The van der Waals surface area contributed by atoms with Gasteiger partial charge in [0.1, 0.15) is 18.2 Å². The molecule has 4 nitrogen and oxygen atoms in total. The summed E-state index contributed by atoms with van der Waals surface area (Å²) in [6.07, 6.45) is 0. The van der Waals surface area contributed by atoms with E-state index in [1.54, 1.807) is 13.2 Å². The van der Waals surface area contributed by atoms with Crippen LogP contribution in [0, 0.1) is 0 Å². The minimum absolute atomic E-state index is 0.469. The predicted molar refractivity (Wildman–Crippen MR) is 98.7 cm³/mol. The Labute approximate surface area is 151 Å². The number of ether oxygens (including phenoxy) is 2. The lowest BCUT2D eigenvalue weighted by atomic mass is 10.0. The minimum atomic E-state index is 0.469. The molecule has 2 aromatic rings. The highest BCUT2D eigenvalue weighted by molar-refractivity contribution is 6.35. The summed E-state index contributed by atoms with van der Waals surface area (Å²) < 4.78 is 11.0. The van der Waals surface area contributed by atoms with Crippen molar-refractivity contribution in [2.45, 2.75) is 0 Å². The van der Waals surface area contributed by atoms with Gasteiger partial charge in [0, 0.05) is 23.7 Å². The van der Waals surface area contributed by atoms with Crippen LogP contribution in [0.15, 0.2) is 41.4 Å². The molecule has 0 saturated heterocycles. The molecule has 0 aliphatic carbocycles. The van der Waals surface area contributed by atoms with Gasteiger partial charge in [0.05, 0.1) is 18.7 Å². The molecule has 24 heavy (non-hydrogen) atoms. The first-order valence-corrected chi connectivity index (χ1v) is 8.44. The van der Waals surface area contributed by atoms with E-state index in [-0.39, 0.29) is 0 Å². The van der Waals surface area contributed by atoms with Gasteiger partial charge in [-0.2, -0.15) is 0 Å². The summed E-state index contributed by atoms with van der Waals surface area (Å²) in [6, 6.07) is 11.5. The lowest BCUT2D eigenvalue weighted by molar-refractivity contribution is 0.146. The molecule has 0 unspecified atom stereocenters. The van der Waals surface area contributed by atoms with E-state index in [4.69, 9.17) is 32.7 Å². The van der Waals surface area contributed by atoms with Crippen molar-refractivity contribution in [3.63, 3.8) is 0 Å². The van der Waals surface area contributed by atoms with E-state index in [0.717, 1.165) is 41.4 Å². The molecule has 0 bridgehead atoms. The number of aliphatic imine (C=N–C) groups is 1. The highest BCUT2D eigenvalue weighted by Gasteiger charge is 2.15. The third-order valence-electron chi connectivity index (χ3n) is 3.65. The average molecular weight is 365 g/mol. The van der Waals surface area contributed by atoms with Crippen LogP contribution in [-0.2, 0) is 4.74 Å². The van der Waals surface area contributed by atoms with Gasteiger partial charge in [0.15, 0.2) is 0 Å². The first kappa shape index (κ1) is 17.1. The molecule has 1 aliphatic rings. The number of methoxy groups -OCH3 is 1. The Balaban J connectivity index is 1.97. The van der Waals surface area contributed by atoms with E-state index in [1.807, 2.05) is 30.3 Å². The second-order valence-electron chi connectivity index (χ2n) is 5.37. The van der Waals surface area contributed by atoms with Crippen molar-refractivity contribution in [2.75, 3.05) is 33.4 Å². The fourth-order valence-electron chi connectivity index (χ4n) is 2.55. The highest BCUT2D eigenvalue weighted by Crippen LogP contribution is 2.31. The first-order valence-electron chi connectivity index (χ1n) is 7.68. The Kier molecular flexibility index (Phi) is 5.61. The Hall–Kier alpha value is -1.75. The van der Waals surface area contributed by atoms with E-state index >= 15 is 0 Å². The van der Waals surface area contributed by atoms with Gasteiger partial charge in [-0.25, -0.2) is 0 Å². The van der Waals surface area contributed by atoms with Crippen LogP contribution in [-0.4, -0.2) is 39.2 Å². The first-order chi connectivity index (χ1) is 11.7. The van der Waals surface area contributed by atoms with Gasteiger partial charge in [0.25, 0.3) is 0 Å². The Morgan fingerprint density at radius 3 is 2.50 bits per heavy atom. The normalized spacial score (nSPS) is 13.5. The van der Waals surface area contributed by atoms with Crippen LogP contribution in [0.1, 0.15) is 5.56 Å². The quantitative estimate of drug-likeness (QED) is 0.786. The zero-order valence-electron chi connectivity index (χ0n) is 13.3. The van der Waals surface area contributed by atoms with Crippen LogP contribution in [0.4, 0.5) is 0 Å². The van der Waals surface area contributed by atoms with Gasteiger partial charge in [-0.1, -0.05) is 29.3 Å². The molecule has 1 N–H and O–H groups in total. The van der Waals surface area contributed by atoms with Gasteiger partial charge in [-0.15, -0.1) is 0 Å². The number of amidine groups is 1. The molecule has 2 aromatic carbocycles. The van der Waals surface area contributed by atoms with Gasteiger partial charge in [-0.3, -0.25) is 4.99 Å². The standard InChI is InChI=1S/C18H18Cl2N2O2/c1-23-6-7-24-17-10-12(13-8-14(19)11-15(20)9-13)2-3-16(17)18-21-4-5-22-18/h2-3,8-11H,4-7H2,1H3,(H,21,22). The topological polar surface area (TPSA) is 42.9 Å². The van der Waals surface area contributed by atoms with Crippen molar-refractivity contribution in [2.24, 2.45) is 4.99 Å². The molecule has 0 fully saturated rings. The number of hydrogen-bond donors (Lipinski definition) is 1. The van der Waals surface area contributed by atoms with Crippen molar-refractivity contribution in [3.05, 3.63) is 52.0 Å². The molecule has 1 heterocycles. The molecular weight excluding hydrogens is 347 g/mol. The molecule has 0 amide bonds. The molecule has 6 heteroatoms. The molecule has 1 aliphatic heterocycles. The second kappa shape index (κ2) is 7.88. The predicted octanol–water partition coefficient (Wildman–Crippen LogP) is 4.04. The van der Waals surface area contributed by atoms with Gasteiger partial charge >= 0.3 is 0 Å². The maximum absolute atomic E-state index is 6.12. The molecular formula is C18H18Cl2N2O2. The molecule has 0 atom stereocenters. The number of nitrogens with one attached hydrogen (secondary N) is 1. The number of halogens is 2. The third kappa shape index (κ3) is 4.01. The Bertz CT molecular complexity index is 742. The zero-order chi connectivity index (χ0) is 16.9. The minimum Gasteiger partial charge on any atom is -0.490 e. The molecule has 3 rings (SSSR count). The third-order valence-corrected chi connectivity index (χ3v) is 4.09. The van der Waals surface area contributed by atoms with Crippen molar-refractivity contribution >= 4 is 29.0 Å². The smallest absolute Gasteiger partial charge is 0.132 e. The number of rotatable bonds is 6. The second-order valence-corrected chi connectivity index (χ2v) is 6.24. The lowest BCUT2D eigenvalue weighted by Gasteiger charge is -2.14. The number of nitrogens with zero attached hydrogens (tertiary/aromatic N) is 1. The molecule has 0 spiro atoms. The average Bonchev–Trinajstić information content (AvgIpc) is 3.08. The fraction of sp³-hybridized carbons (Fsp3) is 0.278. The summed E-state index contributed by atoms with van der Waals surface area (Å²) in [6.45, 7) is 2.61. The molecule has 0 radical (unpaired) electrons. The van der Waals surface area contributed by atoms with Crippen molar-refractivity contribution in [1.29, 1.82) is 0 Å². The van der Waals surface area contributed by atoms with Crippen molar-refractivity contribution < 1.29 is 9.47 Å². The van der Waals surface area contributed by atoms with Crippen LogP contribution < -0.4 is 10.1 Å². The SMILES string of the molecule is COCCOc1cc(-c2cc(Cl)cc(Cl)c2)ccc1C1=NCCN1. The van der Waals surface area contributed by atoms with Crippen molar-refractivity contribution in [3.8, 4) is 16.9 Å². The summed E-state index contributed by atoms with van der Waals surface area (Å²) in [5.41, 5.74) is 2.87. The van der Waals surface area contributed by atoms with E-state index in [2.05, 4.69) is 10.3 Å². The molecule has 126 valence electrons. The number of hydrogen-bond acceptors (Lipinski definition) is 4. The summed E-state index contributed by atoms with van der Waals surface area (Å²) in [5, 5.41) is 4.48. The van der Waals surface area contributed by atoms with Gasteiger partial charge < -0.3 is 14.8 Å². The maximum atomic E-state index is 6.12. The summed E-state index contributed by atoms with van der Waals surface area (Å²) in [5.74, 6) is 1.62. The summed E-state index contributed by atoms with van der Waals surface area (Å²) in [7, 11) is 1.65. The number of benzene rings is 2. The molecule has 0 saturated carbocycles. The molecule has 0 aromatic heterocycles. The van der Waals surface area contributed by atoms with Gasteiger partial charge in [0.2, 0.25) is 0 Å². The zero-order valence-corrected chi connectivity index (χ0v) is 14.8. The maximum Gasteiger partial charge on any atom is 0.132 e. The Morgan fingerprint density at radius 2 is 1.83 bits per heavy atom.